The highest BCUT2D eigenvalue weighted by atomic mass is 16.4. The SMILES string of the molecule is CC1(C(=O)O)CNCC1N. The lowest BCUT2D eigenvalue weighted by molar-refractivity contribution is -0.147. The highest BCUT2D eigenvalue weighted by molar-refractivity contribution is 5.76. The highest BCUT2D eigenvalue weighted by Crippen LogP contribution is 2.23. The van der Waals surface area contributed by atoms with Crippen LogP contribution in [0.3, 0.4) is 0 Å². The van der Waals surface area contributed by atoms with E-state index >= 15 is 0 Å². The van der Waals surface area contributed by atoms with Gasteiger partial charge in [0.1, 0.15) is 0 Å². The third kappa shape index (κ3) is 0.892. The summed E-state index contributed by atoms with van der Waals surface area (Å²) in [4.78, 5) is 10.6. The second-order valence-corrected chi connectivity index (χ2v) is 2.96. The van der Waals surface area contributed by atoms with Crippen molar-refractivity contribution in [1.29, 1.82) is 0 Å². The molecule has 2 atom stereocenters. The maximum Gasteiger partial charge on any atom is 0.312 e. The standard InChI is InChI=1S/C6H12N2O2/c1-6(5(9)10)3-8-2-4(6)7/h4,8H,2-3,7H2,1H3,(H,9,10). The van der Waals surface area contributed by atoms with Crippen molar-refractivity contribution in [3.8, 4) is 0 Å². The van der Waals surface area contributed by atoms with Gasteiger partial charge in [-0.05, 0) is 6.92 Å². The Kier molecular flexibility index (Phi) is 1.66. The average molecular weight is 144 g/mol. The second kappa shape index (κ2) is 2.21. The largest absolute Gasteiger partial charge is 0.481 e. The van der Waals surface area contributed by atoms with Gasteiger partial charge in [-0.25, -0.2) is 0 Å². The van der Waals surface area contributed by atoms with Crippen LogP contribution in [0.4, 0.5) is 0 Å². The molecule has 4 heteroatoms. The maximum atomic E-state index is 10.6. The molecule has 0 spiro atoms. The quantitative estimate of drug-likeness (QED) is 0.441. The fraction of sp³-hybridized carbons (Fsp3) is 0.833. The first-order valence-corrected chi connectivity index (χ1v) is 3.27. The van der Waals surface area contributed by atoms with Crippen molar-refractivity contribution in [2.75, 3.05) is 13.1 Å². The lowest BCUT2D eigenvalue weighted by Crippen LogP contribution is -2.44. The summed E-state index contributed by atoms with van der Waals surface area (Å²) in [7, 11) is 0. The van der Waals surface area contributed by atoms with Gasteiger partial charge in [0.2, 0.25) is 0 Å². The van der Waals surface area contributed by atoms with Crippen molar-refractivity contribution in [3.63, 3.8) is 0 Å². The Morgan fingerprint density at radius 3 is 2.70 bits per heavy atom. The molecule has 58 valence electrons. The first-order chi connectivity index (χ1) is 4.57. The molecule has 1 aliphatic rings. The zero-order chi connectivity index (χ0) is 7.78. The van der Waals surface area contributed by atoms with E-state index in [2.05, 4.69) is 5.32 Å². The lowest BCUT2D eigenvalue weighted by atomic mass is 9.86. The zero-order valence-electron chi connectivity index (χ0n) is 5.92. The number of nitrogens with one attached hydrogen (secondary N) is 1. The molecule has 1 rings (SSSR count). The molecule has 0 aromatic carbocycles. The lowest BCUT2D eigenvalue weighted by Gasteiger charge is -2.21. The van der Waals surface area contributed by atoms with E-state index in [1.165, 1.54) is 0 Å². The molecule has 4 nitrogen and oxygen atoms in total. The summed E-state index contributed by atoms with van der Waals surface area (Å²) in [5.41, 5.74) is 4.81. The number of rotatable bonds is 1. The van der Waals surface area contributed by atoms with Gasteiger partial charge in [-0.15, -0.1) is 0 Å². The van der Waals surface area contributed by atoms with Crippen molar-refractivity contribution in [3.05, 3.63) is 0 Å². The first-order valence-electron chi connectivity index (χ1n) is 3.27. The van der Waals surface area contributed by atoms with Crippen molar-refractivity contribution in [2.45, 2.75) is 13.0 Å². The van der Waals surface area contributed by atoms with Gasteiger partial charge in [-0.1, -0.05) is 0 Å². The molecule has 1 saturated heterocycles. The number of carboxylic acid groups (broad SMARTS) is 1. The van der Waals surface area contributed by atoms with Gasteiger partial charge in [0, 0.05) is 19.1 Å². The van der Waals surface area contributed by atoms with E-state index in [4.69, 9.17) is 10.8 Å². The Morgan fingerprint density at radius 2 is 2.50 bits per heavy atom. The van der Waals surface area contributed by atoms with Gasteiger partial charge in [0.15, 0.2) is 0 Å². The molecular weight excluding hydrogens is 132 g/mol. The van der Waals surface area contributed by atoms with Crippen LogP contribution in [0.15, 0.2) is 0 Å². The Labute approximate surface area is 59.4 Å². The van der Waals surface area contributed by atoms with E-state index in [1.807, 2.05) is 0 Å². The number of carboxylic acids is 1. The average Bonchev–Trinajstić information content (AvgIpc) is 2.15. The summed E-state index contributed by atoms with van der Waals surface area (Å²) in [6.45, 7) is 2.74. The van der Waals surface area contributed by atoms with E-state index in [-0.39, 0.29) is 6.04 Å². The number of carbonyl (C=O) groups is 1. The van der Waals surface area contributed by atoms with Gasteiger partial charge in [0.25, 0.3) is 0 Å². The van der Waals surface area contributed by atoms with Crippen LogP contribution in [-0.4, -0.2) is 30.2 Å². The molecular formula is C6H12N2O2. The van der Waals surface area contributed by atoms with Gasteiger partial charge in [-0.2, -0.15) is 0 Å². The van der Waals surface area contributed by atoms with Crippen molar-refractivity contribution < 1.29 is 9.90 Å². The Balaban J connectivity index is 2.75. The Hall–Kier alpha value is -0.610. The summed E-state index contributed by atoms with van der Waals surface area (Å²) < 4.78 is 0. The molecule has 0 radical (unpaired) electrons. The zero-order valence-corrected chi connectivity index (χ0v) is 5.92. The van der Waals surface area contributed by atoms with E-state index in [1.54, 1.807) is 6.92 Å². The predicted octanol–water partition coefficient (Wildman–Crippen LogP) is -0.992. The summed E-state index contributed by atoms with van der Waals surface area (Å²) in [5, 5.41) is 11.7. The summed E-state index contributed by atoms with van der Waals surface area (Å²) in [6, 6.07) is -0.259. The molecule has 1 heterocycles. The van der Waals surface area contributed by atoms with Crippen LogP contribution in [0, 0.1) is 5.41 Å². The molecule has 0 saturated carbocycles. The molecule has 1 aliphatic heterocycles. The third-order valence-electron chi connectivity index (χ3n) is 2.16. The normalized spacial score (nSPS) is 40.0. The van der Waals surface area contributed by atoms with Gasteiger partial charge < -0.3 is 16.2 Å². The second-order valence-electron chi connectivity index (χ2n) is 2.96. The van der Waals surface area contributed by atoms with Gasteiger partial charge >= 0.3 is 5.97 Å². The van der Waals surface area contributed by atoms with Crippen LogP contribution in [0.1, 0.15) is 6.92 Å². The molecule has 1 fully saturated rings. The molecule has 0 bridgehead atoms. The molecule has 2 unspecified atom stereocenters. The molecule has 0 aliphatic carbocycles. The Bertz CT molecular complexity index is 160. The number of aliphatic carboxylic acids is 1. The van der Waals surface area contributed by atoms with Crippen LogP contribution in [0.25, 0.3) is 0 Å². The number of hydrogen-bond donors (Lipinski definition) is 3. The fourth-order valence-corrected chi connectivity index (χ4v) is 1.08. The molecule has 0 amide bonds. The van der Waals surface area contributed by atoms with Crippen molar-refractivity contribution in [1.82, 2.24) is 5.32 Å². The van der Waals surface area contributed by atoms with Crippen molar-refractivity contribution >= 4 is 5.97 Å². The number of nitrogens with two attached hydrogens (primary N) is 1. The van der Waals surface area contributed by atoms with Gasteiger partial charge in [0.05, 0.1) is 5.41 Å². The Morgan fingerprint density at radius 1 is 1.90 bits per heavy atom. The fourth-order valence-electron chi connectivity index (χ4n) is 1.08. The predicted molar refractivity (Wildman–Crippen MR) is 36.6 cm³/mol. The van der Waals surface area contributed by atoms with E-state index in [9.17, 15) is 4.79 Å². The molecule has 10 heavy (non-hydrogen) atoms. The van der Waals surface area contributed by atoms with Gasteiger partial charge in [-0.3, -0.25) is 4.79 Å². The third-order valence-corrected chi connectivity index (χ3v) is 2.16. The summed E-state index contributed by atoms with van der Waals surface area (Å²) in [6.07, 6.45) is 0. The van der Waals surface area contributed by atoms with E-state index < -0.39 is 11.4 Å². The van der Waals surface area contributed by atoms with Crippen molar-refractivity contribution in [2.24, 2.45) is 11.1 Å². The summed E-state index contributed by atoms with van der Waals surface area (Å²) in [5.74, 6) is -0.815. The minimum absolute atomic E-state index is 0.259. The summed E-state index contributed by atoms with van der Waals surface area (Å²) >= 11 is 0. The van der Waals surface area contributed by atoms with Crippen LogP contribution < -0.4 is 11.1 Å². The van der Waals surface area contributed by atoms with Crippen LogP contribution in [0.2, 0.25) is 0 Å². The highest BCUT2D eigenvalue weighted by Gasteiger charge is 2.43. The molecule has 0 aromatic heterocycles. The minimum Gasteiger partial charge on any atom is -0.481 e. The van der Waals surface area contributed by atoms with Crippen LogP contribution >= 0.6 is 0 Å². The monoisotopic (exact) mass is 144 g/mol. The first kappa shape index (κ1) is 7.50. The molecule has 4 N–H and O–H groups in total. The number of hydrogen-bond acceptors (Lipinski definition) is 3. The van der Waals surface area contributed by atoms with Crippen LogP contribution in [0.5, 0.6) is 0 Å². The van der Waals surface area contributed by atoms with E-state index in [0.29, 0.717) is 13.1 Å². The van der Waals surface area contributed by atoms with E-state index in [0.717, 1.165) is 0 Å². The topological polar surface area (TPSA) is 75.3 Å². The maximum absolute atomic E-state index is 10.6. The minimum atomic E-state index is -0.815. The smallest absolute Gasteiger partial charge is 0.312 e. The molecule has 0 aromatic rings. The van der Waals surface area contributed by atoms with Crippen LogP contribution in [-0.2, 0) is 4.79 Å².